The van der Waals surface area contributed by atoms with Crippen molar-refractivity contribution in [3.05, 3.63) is 0 Å². The third-order valence-corrected chi connectivity index (χ3v) is 3.16. The molecule has 1 fully saturated rings. The minimum absolute atomic E-state index is 0.0533. The molecule has 1 aliphatic rings. The Labute approximate surface area is 98.6 Å². The number of nitrogens with zero attached hydrogens (tertiary/aromatic N) is 1. The summed E-state index contributed by atoms with van der Waals surface area (Å²) in [6, 6.07) is 0.0533. The van der Waals surface area contributed by atoms with Gasteiger partial charge in [-0.25, -0.2) is 0 Å². The van der Waals surface area contributed by atoms with Crippen molar-refractivity contribution >= 4 is 5.91 Å². The Hall–Kier alpha value is -0.610. The predicted octanol–water partition coefficient (Wildman–Crippen LogP) is 0.716. The number of rotatable bonds is 6. The Balaban J connectivity index is 2.54. The molecule has 4 nitrogen and oxygen atoms in total. The maximum absolute atomic E-state index is 11.9. The van der Waals surface area contributed by atoms with Crippen molar-refractivity contribution in [1.29, 1.82) is 0 Å². The first-order chi connectivity index (χ1) is 7.79. The second kappa shape index (κ2) is 7.63. The summed E-state index contributed by atoms with van der Waals surface area (Å²) in [6.45, 7) is 5.46. The SMILES string of the molecule is CCCCN(CCN)C1CCCCNC1=O. The van der Waals surface area contributed by atoms with Crippen LogP contribution in [-0.2, 0) is 4.79 Å². The maximum Gasteiger partial charge on any atom is 0.237 e. The average molecular weight is 227 g/mol. The van der Waals surface area contributed by atoms with Gasteiger partial charge in [0.1, 0.15) is 0 Å². The number of amides is 1. The lowest BCUT2D eigenvalue weighted by atomic mass is 10.1. The minimum Gasteiger partial charge on any atom is -0.355 e. The van der Waals surface area contributed by atoms with Gasteiger partial charge in [-0.2, -0.15) is 0 Å². The van der Waals surface area contributed by atoms with Crippen LogP contribution in [0.2, 0.25) is 0 Å². The van der Waals surface area contributed by atoms with Crippen molar-refractivity contribution in [3.63, 3.8) is 0 Å². The third-order valence-electron chi connectivity index (χ3n) is 3.16. The van der Waals surface area contributed by atoms with E-state index in [4.69, 9.17) is 5.73 Å². The Morgan fingerprint density at radius 2 is 2.25 bits per heavy atom. The largest absolute Gasteiger partial charge is 0.355 e. The molecule has 1 heterocycles. The highest BCUT2D eigenvalue weighted by Crippen LogP contribution is 2.13. The van der Waals surface area contributed by atoms with Crippen molar-refractivity contribution in [3.8, 4) is 0 Å². The molecule has 16 heavy (non-hydrogen) atoms. The molecule has 0 aromatic heterocycles. The number of nitrogens with two attached hydrogens (primary N) is 1. The van der Waals surface area contributed by atoms with Crippen LogP contribution in [0.25, 0.3) is 0 Å². The van der Waals surface area contributed by atoms with Gasteiger partial charge < -0.3 is 11.1 Å². The summed E-state index contributed by atoms with van der Waals surface area (Å²) in [4.78, 5) is 14.2. The Morgan fingerprint density at radius 1 is 1.44 bits per heavy atom. The predicted molar refractivity (Wildman–Crippen MR) is 66.2 cm³/mol. The van der Waals surface area contributed by atoms with Crippen molar-refractivity contribution in [2.24, 2.45) is 5.73 Å². The van der Waals surface area contributed by atoms with E-state index in [1.807, 2.05) is 0 Å². The highest BCUT2D eigenvalue weighted by molar-refractivity contribution is 5.81. The summed E-state index contributed by atoms with van der Waals surface area (Å²) >= 11 is 0. The monoisotopic (exact) mass is 227 g/mol. The Morgan fingerprint density at radius 3 is 2.94 bits per heavy atom. The molecule has 0 aliphatic carbocycles. The summed E-state index contributed by atoms with van der Waals surface area (Å²) in [5.41, 5.74) is 5.62. The van der Waals surface area contributed by atoms with Gasteiger partial charge in [-0.3, -0.25) is 9.69 Å². The topological polar surface area (TPSA) is 58.4 Å². The number of hydrogen-bond donors (Lipinski definition) is 2. The molecule has 4 heteroatoms. The fourth-order valence-electron chi connectivity index (χ4n) is 2.22. The third kappa shape index (κ3) is 4.10. The van der Waals surface area contributed by atoms with E-state index in [0.29, 0.717) is 6.54 Å². The van der Waals surface area contributed by atoms with E-state index >= 15 is 0 Å². The highest BCUT2D eigenvalue weighted by Gasteiger charge is 2.25. The van der Waals surface area contributed by atoms with Gasteiger partial charge in [0.15, 0.2) is 0 Å². The fourth-order valence-corrected chi connectivity index (χ4v) is 2.22. The van der Waals surface area contributed by atoms with Crippen LogP contribution in [0.5, 0.6) is 0 Å². The van der Waals surface area contributed by atoms with Crippen LogP contribution in [0.4, 0.5) is 0 Å². The zero-order valence-corrected chi connectivity index (χ0v) is 10.4. The lowest BCUT2D eigenvalue weighted by Gasteiger charge is -2.29. The van der Waals surface area contributed by atoms with Crippen LogP contribution in [0.15, 0.2) is 0 Å². The van der Waals surface area contributed by atoms with E-state index in [1.54, 1.807) is 0 Å². The molecule has 1 atom stereocenters. The van der Waals surface area contributed by atoms with Gasteiger partial charge in [-0.1, -0.05) is 13.3 Å². The summed E-state index contributed by atoms with van der Waals surface area (Å²) in [6.07, 6.45) is 5.53. The standard InChI is InChI=1S/C12H25N3O/c1-2-3-9-15(10-7-13)11-6-4-5-8-14-12(11)16/h11H,2-10,13H2,1H3,(H,14,16). The van der Waals surface area contributed by atoms with Crippen molar-refractivity contribution < 1.29 is 4.79 Å². The van der Waals surface area contributed by atoms with E-state index in [1.165, 1.54) is 0 Å². The van der Waals surface area contributed by atoms with E-state index in [2.05, 4.69) is 17.1 Å². The molecule has 1 amide bonds. The first-order valence-corrected chi connectivity index (χ1v) is 6.51. The molecule has 3 N–H and O–H groups in total. The molecule has 1 saturated heterocycles. The van der Waals surface area contributed by atoms with Crippen LogP contribution >= 0.6 is 0 Å². The van der Waals surface area contributed by atoms with E-state index < -0.39 is 0 Å². The molecule has 1 unspecified atom stereocenters. The van der Waals surface area contributed by atoms with Crippen molar-refractivity contribution in [2.75, 3.05) is 26.2 Å². The summed E-state index contributed by atoms with van der Waals surface area (Å²) in [5, 5.41) is 2.99. The molecular formula is C12H25N3O. The van der Waals surface area contributed by atoms with Crippen LogP contribution in [0, 0.1) is 0 Å². The second-order valence-electron chi connectivity index (χ2n) is 4.48. The normalized spacial score (nSPS) is 21.9. The first kappa shape index (κ1) is 13.5. The second-order valence-corrected chi connectivity index (χ2v) is 4.48. The molecule has 0 spiro atoms. The van der Waals surface area contributed by atoms with E-state index in [9.17, 15) is 4.79 Å². The van der Waals surface area contributed by atoms with Crippen LogP contribution < -0.4 is 11.1 Å². The number of unbranched alkanes of at least 4 members (excludes halogenated alkanes) is 1. The minimum atomic E-state index is 0.0533. The molecule has 1 aliphatic heterocycles. The summed E-state index contributed by atoms with van der Waals surface area (Å²) < 4.78 is 0. The molecule has 0 bridgehead atoms. The van der Waals surface area contributed by atoms with Gasteiger partial charge in [0.25, 0.3) is 0 Å². The maximum atomic E-state index is 11.9. The van der Waals surface area contributed by atoms with Crippen LogP contribution in [0.3, 0.4) is 0 Å². The van der Waals surface area contributed by atoms with Gasteiger partial charge >= 0.3 is 0 Å². The van der Waals surface area contributed by atoms with Gasteiger partial charge in [0.05, 0.1) is 6.04 Å². The average Bonchev–Trinajstić information content (AvgIpc) is 2.49. The molecule has 0 saturated carbocycles. The molecule has 0 aromatic carbocycles. The quantitative estimate of drug-likeness (QED) is 0.703. The Kier molecular flexibility index (Phi) is 6.42. The van der Waals surface area contributed by atoms with Gasteiger partial charge in [-0.15, -0.1) is 0 Å². The lowest BCUT2D eigenvalue weighted by molar-refractivity contribution is -0.126. The fraction of sp³-hybridized carbons (Fsp3) is 0.917. The van der Waals surface area contributed by atoms with Crippen molar-refractivity contribution in [2.45, 2.75) is 45.1 Å². The number of carbonyl (C=O) groups is 1. The smallest absolute Gasteiger partial charge is 0.237 e. The van der Waals surface area contributed by atoms with Crippen LogP contribution in [-0.4, -0.2) is 43.0 Å². The molecule has 0 radical (unpaired) electrons. The molecule has 0 aromatic rings. The van der Waals surface area contributed by atoms with Crippen LogP contribution in [0.1, 0.15) is 39.0 Å². The number of nitrogens with one attached hydrogen (secondary N) is 1. The van der Waals surface area contributed by atoms with E-state index in [-0.39, 0.29) is 11.9 Å². The number of carbonyl (C=O) groups excluding carboxylic acids is 1. The highest BCUT2D eigenvalue weighted by atomic mass is 16.2. The Bertz CT molecular complexity index is 208. The summed E-state index contributed by atoms with van der Waals surface area (Å²) in [5.74, 6) is 0.196. The van der Waals surface area contributed by atoms with Gasteiger partial charge in [0.2, 0.25) is 5.91 Å². The molecule has 94 valence electrons. The first-order valence-electron chi connectivity index (χ1n) is 6.51. The van der Waals surface area contributed by atoms with E-state index in [0.717, 1.165) is 51.7 Å². The molecular weight excluding hydrogens is 202 g/mol. The lowest BCUT2D eigenvalue weighted by Crippen LogP contribution is -2.47. The van der Waals surface area contributed by atoms with Gasteiger partial charge in [0, 0.05) is 19.6 Å². The zero-order chi connectivity index (χ0) is 11.8. The summed E-state index contributed by atoms with van der Waals surface area (Å²) in [7, 11) is 0. The van der Waals surface area contributed by atoms with Gasteiger partial charge in [-0.05, 0) is 32.2 Å². The molecule has 1 rings (SSSR count). The zero-order valence-electron chi connectivity index (χ0n) is 10.4. The van der Waals surface area contributed by atoms with Crippen molar-refractivity contribution in [1.82, 2.24) is 10.2 Å². The number of hydrogen-bond acceptors (Lipinski definition) is 3.